The van der Waals surface area contributed by atoms with Crippen molar-refractivity contribution >= 4 is 17.4 Å². The van der Waals surface area contributed by atoms with E-state index in [0.29, 0.717) is 30.6 Å². The molecule has 1 unspecified atom stereocenters. The zero-order valence-corrected chi connectivity index (χ0v) is 18.0. The van der Waals surface area contributed by atoms with Gasteiger partial charge in [0.2, 0.25) is 0 Å². The van der Waals surface area contributed by atoms with E-state index < -0.39 is 17.7 Å². The molecular weight excluding hydrogens is 406 g/mol. The van der Waals surface area contributed by atoms with Crippen LogP contribution in [0.3, 0.4) is 0 Å². The van der Waals surface area contributed by atoms with Crippen LogP contribution in [0.25, 0.3) is 5.76 Å². The quantitative estimate of drug-likeness (QED) is 0.352. The molecule has 2 heterocycles. The van der Waals surface area contributed by atoms with Crippen molar-refractivity contribution in [1.82, 2.24) is 14.5 Å². The first-order valence-corrected chi connectivity index (χ1v) is 10.5. The van der Waals surface area contributed by atoms with Crippen LogP contribution in [0.5, 0.6) is 5.75 Å². The van der Waals surface area contributed by atoms with Gasteiger partial charge >= 0.3 is 0 Å². The van der Waals surface area contributed by atoms with Crippen molar-refractivity contribution in [3.05, 3.63) is 89.0 Å². The molecule has 1 saturated heterocycles. The van der Waals surface area contributed by atoms with Gasteiger partial charge in [-0.3, -0.25) is 9.59 Å². The van der Waals surface area contributed by atoms with Crippen LogP contribution in [0.15, 0.2) is 66.8 Å². The highest BCUT2D eigenvalue weighted by atomic mass is 16.3. The summed E-state index contributed by atoms with van der Waals surface area (Å²) >= 11 is 0. The fourth-order valence-corrected chi connectivity index (χ4v) is 4.13. The van der Waals surface area contributed by atoms with E-state index in [9.17, 15) is 19.8 Å². The fourth-order valence-electron chi connectivity index (χ4n) is 4.13. The van der Waals surface area contributed by atoms with Crippen LogP contribution in [0.4, 0.5) is 0 Å². The number of carbonyl (C=O) groups excluding carboxylic acids is 2. The molecule has 1 aliphatic rings. The number of Topliss-reactive ketones (excluding diaryl/α,β-unsaturated/α-hetero) is 1. The number of aromatic hydroxyl groups is 1. The number of aliphatic hydroxyl groups excluding tert-OH is 1. The number of imidazole rings is 1. The second-order valence-corrected chi connectivity index (χ2v) is 8.06. The summed E-state index contributed by atoms with van der Waals surface area (Å²) in [5.41, 5.74) is 2.86. The highest BCUT2D eigenvalue weighted by molar-refractivity contribution is 6.46. The normalized spacial score (nSPS) is 17.8. The van der Waals surface area contributed by atoms with Gasteiger partial charge in [0, 0.05) is 31.0 Å². The van der Waals surface area contributed by atoms with E-state index in [0.717, 1.165) is 11.1 Å². The largest absolute Gasteiger partial charge is 0.508 e. The number of phenolic OH excluding ortho intramolecular Hbond substituents is 1. The van der Waals surface area contributed by atoms with Crippen molar-refractivity contribution in [2.75, 3.05) is 6.54 Å². The van der Waals surface area contributed by atoms with Crippen molar-refractivity contribution in [3.8, 4) is 5.75 Å². The Morgan fingerprint density at radius 1 is 1.09 bits per heavy atom. The van der Waals surface area contributed by atoms with Gasteiger partial charge in [0.05, 0.1) is 17.9 Å². The smallest absolute Gasteiger partial charge is 0.295 e. The number of aryl methyl sites for hydroxylation is 3. The number of hydrogen-bond acceptors (Lipinski definition) is 5. The van der Waals surface area contributed by atoms with E-state index >= 15 is 0 Å². The Kier molecular flexibility index (Phi) is 5.81. The second kappa shape index (κ2) is 8.70. The molecule has 1 fully saturated rings. The number of rotatable bonds is 6. The van der Waals surface area contributed by atoms with Crippen LogP contribution >= 0.6 is 0 Å². The molecule has 0 spiro atoms. The van der Waals surface area contributed by atoms with Crippen LogP contribution in [0, 0.1) is 13.8 Å². The van der Waals surface area contributed by atoms with E-state index in [-0.39, 0.29) is 17.1 Å². The van der Waals surface area contributed by atoms with Crippen molar-refractivity contribution in [1.29, 1.82) is 0 Å². The zero-order chi connectivity index (χ0) is 22.8. The van der Waals surface area contributed by atoms with Gasteiger partial charge in [-0.15, -0.1) is 0 Å². The Balaban J connectivity index is 1.78. The first-order chi connectivity index (χ1) is 15.4. The monoisotopic (exact) mass is 431 g/mol. The molecule has 7 nitrogen and oxygen atoms in total. The lowest BCUT2D eigenvalue weighted by Crippen LogP contribution is -2.31. The third kappa shape index (κ3) is 4.01. The minimum absolute atomic E-state index is 0.0261. The van der Waals surface area contributed by atoms with Crippen molar-refractivity contribution in [3.63, 3.8) is 0 Å². The van der Waals surface area contributed by atoms with Crippen molar-refractivity contribution in [2.24, 2.45) is 0 Å². The molecule has 1 atom stereocenters. The topological polar surface area (TPSA) is 95.7 Å². The van der Waals surface area contributed by atoms with E-state index in [2.05, 4.69) is 4.98 Å². The fraction of sp³-hybridized carbons (Fsp3) is 0.240. The van der Waals surface area contributed by atoms with Gasteiger partial charge in [-0.25, -0.2) is 4.98 Å². The standard InChI is InChI=1S/C25H25N3O4/c1-16-7-8-17(2)20(13-16)23(30)21-22(18-5-3-6-19(29)14-18)28(25(32)24(21)31)11-4-10-27-12-9-26-15-27/h3,5-9,12-15,22,29-30H,4,10-11H2,1-2H3/b23-21+. The lowest BCUT2D eigenvalue weighted by atomic mass is 9.93. The predicted octanol–water partition coefficient (Wildman–Crippen LogP) is 3.72. The number of ketones is 1. The van der Waals surface area contributed by atoms with E-state index in [1.807, 2.05) is 36.7 Å². The molecule has 1 aromatic heterocycles. The van der Waals surface area contributed by atoms with E-state index in [1.165, 1.54) is 17.0 Å². The lowest BCUT2D eigenvalue weighted by Gasteiger charge is -2.25. The second-order valence-electron chi connectivity index (χ2n) is 8.06. The Morgan fingerprint density at radius 2 is 1.91 bits per heavy atom. The zero-order valence-electron chi connectivity index (χ0n) is 18.0. The van der Waals surface area contributed by atoms with Gasteiger partial charge < -0.3 is 19.7 Å². The third-order valence-electron chi connectivity index (χ3n) is 5.75. The Hall–Kier alpha value is -3.87. The number of amides is 1. The molecule has 0 saturated carbocycles. The summed E-state index contributed by atoms with van der Waals surface area (Å²) in [4.78, 5) is 31.6. The molecule has 1 amide bonds. The number of aromatic nitrogens is 2. The average Bonchev–Trinajstić information content (AvgIpc) is 3.37. The van der Waals surface area contributed by atoms with Gasteiger partial charge in [-0.05, 0) is 49.6 Å². The van der Waals surface area contributed by atoms with Crippen LogP contribution in [0.2, 0.25) is 0 Å². The maximum Gasteiger partial charge on any atom is 0.295 e. The molecule has 164 valence electrons. The predicted molar refractivity (Wildman–Crippen MR) is 120 cm³/mol. The lowest BCUT2D eigenvalue weighted by molar-refractivity contribution is -0.139. The summed E-state index contributed by atoms with van der Waals surface area (Å²) in [5, 5.41) is 21.3. The van der Waals surface area contributed by atoms with Gasteiger partial charge in [-0.2, -0.15) is 0 Å². The number of nitrogens with zero attached hydrogens (tertiary/aromatic N) is 3. The molecular formula is C25H25N3O4. The van der Waals surface area contributed by atoms with Crippen LogP contribution in [-0.4, -0.2) is 42.9 Å². The van der Waals surface area contributed by atoms with E-state index in [4.69, 9.17) is 0 Å². The summed E-state index contributed by atoms with van der Waals surface area (Å²) in [6.07, 6.45) is 5.81. The molecule has 0 bridgehead atoms. The summed E-state index contributed by atoms with van der Waals surface area (Å²) in [6, 6.07) is 11.3. The molecule has 4 rings (SSSR count). The molecule has 1 aliphatic heterocycles. The maximum absolute atomic E-state index is 13.1. The maximum atomic E-state index is 13.1. The average molecular weight is 431 g/mol. The highest BCUT2D eigenvalue weighted by Gasteiger charge is 2.46. The summed E-state index contributed by atoms with van der Waals surface area (Å²) < 4.78 is 1.90. The molecule has 0 radical (unpaired) electrons. The van der Waals surface area contributed by atoms with Crippen LogP contribution in [0.1, 0.15) is 34.7 Å². The SMILES string of the molecule is Cc1ccc(C)c(/C(O)=C2\C(=O)C(=O)N(CCCn3ccnc3)C2c2cccc(O)c2)c1. The summed E-state index contributed by atoms with van der Waals surface area (Å²) in [6.45, 7) is 4.69. The minimum Gasteiger partial charge on any atom is -0.508 e. The summed E-state index contributed by atoms with van der Waals surface area (Å²) in [7, 11) is 0. The Bertz CT molecular complexity index is 1200. The third-order valence-corrected chi connectivity index (χ3v) is 5.75. The number of hydrogen-bond donors (Lipinski definition) is 2. The van der Waals surface area contributed by atoms with Gasteiger partial charge in [0.25, 0.3) is 11.7 Å². The molecule has 7 heteroatoms. The Morgan fingerprint density at radius 3 is 2.62 bits per heavy atom. The molecule has 0 aliphatic carbocycles. The number of carbonyl (C=O) groups is 2. The molecule has 32 heavy (non-hydrogen) atoms. The summed E-state index contributed by atoms with van der Waals surface area (Å²) in [5.74, 6) is -1.55. The number of aliphatic hydroxyl groups is 1. The van der Waals surface area contributed by atoms with Gasteiger partial charge in [0.15, 0.2) is 0 Å². The number of phenols is 1. The highest BCUT2D eigenvalue weighted by Crippen LogP contribution is 2.40. The minimum atomic E-state index is -0.787. The molecule has 2 N–H and O–H groups in total. The van der Waals surface area contributed by atoms with Crippen LogP contribution in [-0.2, 0) is 16.1 Å². The van der Waals surface area contributed by atoms with Gasteiger partial charge in [0.1, 0.15) is 11.5 Å². The number of likely N-dealkylation sites (tertiary alicyclic amines) is 1. The van der Waals surface area contributed by atoms with Crippen molar-refractivity contribution < 1.29 is 19.8 Å². The first kappa shape index (κ1) is 21.4. The van der Waals surface area contributed by atoms with Gasteiger partial charge in [-0.1, -0.05) is 29.8 Å². The Labute approximate surface area is 186 Å². The number of benzene rings is 2. The first-order valence-electron chi connectivity index (χ1n) is 10.5. The molecule has 3 aromatic rings. The van der Waals surface area contributed by atoms with E-state index in [1.54, 1.807) is 30.7 Å². The van der Waals surface area contributed by atoms with Crippen LogP contribution < -0.4 is 0 Å². The van der Waals surface area contributed by atoms with Crippen molar-refractivity contribution in [2.45, 2.75) is 32.9 Å². The molecule has 2 aromatic carbocycles.